The molecule has 0 saturated carbocycles. The van der Waals surface area contributed by atoms with Crippen LogP contribution in [0.1, 0.15) is 5.69 Å². The quantitative estimate of drug-likeness (QED) is 0.200. The lowest BCUT2D eigenvalue weighted by molar-refractivity contribution is 1.09. The Kier molecular flexibility index (Phi) is 6.71. The molecule has 0 bridgehead atoms. The van der Waals surface area contributed by atoms with Gasteiger partial charge in [-0.2, -0.15) is 0 Å². The zero-order valence-corrected chi connectivity index (χ0v) is 23.4. The summed E-state index contributed by atoms with van der Waals surface area (Å²) in [5.74, 6) is 0. The SMILES string of the molecule is Cc1cccc2nc(-c3ccc(N(c4ccccc4)c4ccc(N(c5ccccc5)c5ccccc5)cc4)cc3)cn12. The Morgan fingerprint density at radius 1 is 0.429 bits per heavy atom. The minimum Gasteiger partial charge on any atom is -0.311 e. The van der Waals surface area contributed by atoms with Gasteiger partial charge in [0.15, 0.2) is 0 Å². The van der Waals surface area contributed by atoms with Crippen molar-refractivity contribution in [2.75, 3.05) is 9.80 Å². The van der Waals surface area contributed by atoms with Gasteiger partial charge in [-0.3, -0.25) is 0 Å². The van der Waals surface area contributed by atoms with Gasteiger partial charge in [-0.05, 0) is 91.9 Å². The summed E-state index contributed by atoms with van der Waals surface area (Å²) in [6.45, 7) is 2.10. The summed E-state index contributed by atoms with van der Waals surface area (Å²) in [5.41, 5.74) is 10.8. The fourth-order valence-corrected chi connectivity index (χ4v) is 5.45. The van der Waals surface area contributed by atoms with Crippen LogP contribution in [0.2, 0.25) is 0 Å². The Labute approximate surface area is 246 Å². The highest BCUT2D eigenvalue weighted by molar-refractivity contribution is 5.81. The molecule has 0 fully saturated rings. The smallest absolute Gasteiger partial charge is 0.137 e. The van der Waals surface area contributed by atoms with Crippen LogP contribution in [-0.4, -0.2) is 9.38 Å². The summed E-state index contributed by atoms with van der Waals surface area (Å²) >= 11 is 0. The average molecular weight is 543 g/mol. The molecule has 7 rings (SSSR count). The van der Waals surface area contributed by atoms with E-state index in [1.165, 1.54) is 5.69 Å². The Bertz CT molecular complexity index is 1870. The third kappa shape index (κ3) is 4.91. The molecule has 0 spiro atoms. The second kappa shape index (κ2) is 11.1. The molecule has 202 valence electrons. The molecule has 4 heteroatoms. The van der Waals surface area contributed by atoms with Gasteiger partial charge in [0.1, 0.15) is 5.65 Å². The lowest BCUT2D eigenvalue weighted by atomic mass is 10.1. The number of aryl methyl sites for hydroxylation is 1. The molecule has 0 aliphatic carbocycles. The van der Waals surface area contributed by atoms with Crippen LogP contribution in [0.4, 0.5) is 34.1 Å². The van der Waals surface area contributed by atoms with Crippen molar-refractivity contribution in [3.8, 4) is 11.3 Å². The summed E-state index contributed by atoms with van der Waals surface area (Å²) in [5, 5.41) is 0. The molecule has 5 aromatic carbocycles. The summed E-state index contributed by atoms with van der Waals surface area (Å²) in [6.07, 6.45) is 2.11. The van der Waals surface area contributed by atoms with Crippen LogP contribution in [0.25, 0.3) is 16.9 Å². The molecule has 0 aliphatic heterocycles. The largest absolute Gasteiger partial charge is 0.311 e. The van der Waals surface area contributed by atoms with Gasteiger partial charge in [-0.1, -0.05) is 72.8 Å². The number of fused-ring (bicyclic) bond motifs is 1. The van der Waals surface area contributed by atoms with Gasteiger partial charge in [0.05, 0.1) is 5.69 Å². The highest BCUT2D eigenvalue weighted by Gasteiger charge is 2.16. The van der Waals surface area contributed by atoms with Crippen molar-refractivity contribution in [3.63, 3.8) is 0 Å². The maximum Gasteiger partial charge on any atom is 0.137 e. The second-order valence-electron chi connectivity index (χ2n) is 10.3. The molecular formula is C38H30N4. The number of nitrogens with zero attached hydrogens (tertiary/aromatic N) is 4. The lowest BCUT2D eigenvalue weighted by Crippen LogP contribution is -2.12. The molecule has 0 amide bonds. The van der Waals surface area contributed by atoms with Gasteiger partial charge in [-0.25, -0.2) is 4.98 Å². The van der Waals surface area contributed by atoms with Crippen LogP contribution in [0.15, 0.2) is 164 Å². The summed E-state index contributed by atoms with van der Waals surface area (Å²) in [4.78, 5) is 9.42. The van der Waals surface area contributed by atoms with E-state index in [9.17, 15) is 0 Å². The maximum atomic E-state index is 4.86. The first-order valence-corrected chi connectivity index (χ1v) is 14.2. The lowest BCUT2D eigenvalue weighted by Gasteiger charge is -2.28. The summed E-state index contributed by atoms with van der Waals surface area (Å²) < 4.78 is 2.13. The van der Waals surface area contributed by atoms with Gasteiger partial charge >= 0.3 is 0 Å². The van der Waals surface area contributed by atoms with E-state index in [-0.39, 0.29) is 0 Å². The third-order valence-electron chi connectivity index (χ3n) is 7.53. The molecule has 0 unspecified atom stereocenters. The molecular weight excluding hydrogens is 512 g/mol. The molecule has 7 aromatic rings. The second-order valence-corrected chi connectivity index (χ2v) is 10.3. The van der Waals surface area contributed by atoms with Crippen LogP contribution in [0.5, 0.6) is 0 Å². The highest BCUT2D eigenvalue weighted by atomic mass is 15.2. The molecule has 0 radical (unpaired) electrons. The van der Waals surface area contributed by atoms with Crippen molar-refractivity contribution in [2.24, 2.45) is 0 Å². The molecule has 2 aromatic heterocycles. The van der Waals surface area contributed by atoms with E-state index in [0.29, 0.717) is 0 Å². The monoisotopic (exact) mass is 542 g/mol. The van der Waals surface area contributed by atoms with E-state index in [4.69, 9.17) is 4.98 Å². The maximum absolute atomic E-state index is 4.86. The normalized spacial score (nSPS) is 11.0. The average Bonchev–Trinajstić information content (AvgIpc) is 3.50. The van der Waals surface area contributed by atoms with Crippen LogP contribution >= 0.6 is 0 Å². The van der Waals surface area contributed by atoms with E-state index in [1.54, 1.807) is 0 Å². The van der Waals surface area contributed by atoms with Crippen molar-refractivity contribution < 1.29 is 0 Å². The van der Waals surface area contributed by atoms with E-state index in [1.807, 2.05) is 12.1 Å². The highest BCUT2D eigenvalue weighted by Crippen LogP contribution is 2.39. The Morgan fingerprint density at radius 2 is 0.833 bits per heavy atom. The minimum absolute atomic E-state index is 0.958. The molecule has 0 N–H and O–H groups in total. The zero-order valence-electron chi connectivity index (χ0n) is 23.4. The van der Waals surface area contributed by atoms with Crippen molar-refractivity contribution in [1.29, 1.82) is 0 Å². The number of anilines is 6. The van der Waals surface area contributed by atoms with Crippen molar-refractivity contribution in [1.82, 2.24) is 9.38 Å². The third-order valence-corrected chi connectivity index (χ3v) is 7.53. The van der Waals surface area contributed by atoms with E-state index < -0.39 is 0 Å². The van der Waals surface area contributed by atoms with Gasteiger partial charge in [0.2, 0.25) is 0 Å². The summed E-state index contributed by atoms with van der Waals surface area (Å²) in [7, 11) is 0. The Balaban J connectivity index is 1.25. The number of hydrogen-bond acceptors (Lipinski definition) is 3. The first-order chi connectivity index (χ1) is 20.7. The zero-order chi connectivity index (χ0) is 28.3. The van der Waals surface area contributed by atoms with Crippen LogP contribution in [0.3, 0.4) is 0 Å². The van der Waals surface area contributed by atoms with Crippen molar-refractivity contribution >= 4 is 39.8 Å². The van der Waals surface area contributed by atoms with E-state index in [0.717, 1.165) is 51.0 Å². The van der Waals surface area contributed by atoms with Crippen LogP contribution in [-0.2, 0) is 0 Å². The fraction of sp³-hybridized carbons (Fsp3) is 0.0263. The Morgan fingerprint density at radius 3 is 1.26 bits per heavy atom. The van der Waals surface area contributed by atoms with Gasteiger partial charge < -0.3 is 14.2 Å². The van der Waals surface area contributed by atoms with Crippen molar-refractivity contribution in [2.45, 2.75) is 6.92 Å². The number of aromatic nitrogens is 2. The van der Waals surface area contributed by atoms with Gasteiger partial charge in [0, 0.05) is 51.6 Å². The minimum atomic E-state index is 0.958. The number of hydrogen-bond donors (Lipinski definition) is 0. The number of imidazole rings is 1. The predicted molar refractivity (Wildman–Crippen MR) is 175 cm³/mol. The number of pyridine rings is 1. The van der Waals surface area contributed by atoms with Crippen molar-refractivity contribution in [3.05, 3.63) is 170 Å². The van der Waals surface area contributed by atoms with Crippen LogP contribution < -0.4 is 9.80 Å². The molecule has 0 atom stereocenters. The number of rotatable bonds is 7. The standard InChI is InChI=1S/C38H30N4/c1-29-12-11-19-38-39-37(28-40(29)38)30-20-22-34(23-21-30)42(33-17-9-4-10-18-33)36-26-24-35(25-27-36)41(31-13-5-2-6-14-31)32-15-7-3-8-16-32/h2-28H,1H3. The first kappa shape index (κ1) is 25.4. The topological polar surface area (TPSA) is 23.8 Å². The van der Waals surface area contributed by atoms with Gasteiger partial charge in [-0.15, -0.1) is 0 Å². The first-order valence-electron chi connectivity index (χ1n) is 14.2. The molecule has 0 aliphatic rings. The molecule has 4 nitrogen and oxygen atoms in total. The molecule has 0 saturated heterocycles. The van der Waals surface area contributed by atoms with E-state index >= 15 is 0 Å². The fourth-order valence-electron chi connectivity index (χ4n) is 5.45. The number of para-hydroxylation sites is 3. The Hall–Kier alpha value is -5.61. The summed E-state index contributed by atoms with van der Waals surface area (Å²) in [6, 6.07) is 55.1. The molecule has 42 heavy (non-hydrogen) atoms. The van der Waals surface area contributed by atoms with E-state index in [2.05, 4.69) is 173 Å². The number of benzene rings is 5. The van der Waals surface area contributed by atoms with Gasteiger partial charge in [0.25, 0.3) is 0 Å². The molecule has 2 heterocycles. The van der Waals surface area contributed by atoms with Crippen LogP contribution in [0, 0.1) is 6.92 Å². The predicted octanol–water partition coefficient (Wildman–Crippen LogP) is 10.2.